The lowest BCUT2D eigenvalue weighted by Gasteiger charge is -2.26. The Morgan fingerprint density at radius 3 is 2.53 bits per heavy atom. The van der Waals surface area contributed by atoms with Gasteiger partial charge in [0.25, 0.3) is 0 Å². The first-order chi connectivity index (χ1) is 6.92. The van der Waals surface area contributed by atoms with Crippen molar-refractivity contribution in [2.75, 3.05) is 40.4 Å². The number of carboxylic acid groups (broad SMARTS) is 1. The summed E-state index contributed by atoms with van der Waals surface area (Å²) in [5.74, 6) is -0.880. The third-order valence-corrected chi connectivity index (χ3v) is 2.14. The highest BCUT2D eigenvalue weighted by atomic mass is 16.5. The molecule has 0 rings (SSSR count). The second kappa shape index (κ2) is 6.76. The van der Waals surface area contributed by atoms with Crippen molar-refractivity contribution in [3.05, 3.63) is 0 Å². The van der Waals surface area contributed by atoms with Crippen molar-refractivity contribution in [1.29, 1.82) is 0 Å². The lowest BCUT2D eigenvalue weighted by atomic mass is 10.0. The highest BCUT2D eigenvalue weighted by Crippen LogP contribution is 2.04. The zero-order valence-corrected chi connectivity index (χ0v) is 10.0. The van der Waals surface area contributed by atoms with Crippen molar-refractivity contribution in [1.82, 2.24) is 10.2 Å². The molecule has 0 bridgehead atoms. The van der Waals surface area contributed by atoms with Crippen molar-refractivity contribution in [3.63, 3.8) is 0 Å². The minimum atomic E-state index is -0.994. The number of ether oxygens (including phenoxy) is 1. The van der Waals surface area contributed by atoms with Gasteiger partial charge in [0.2, 0.25) is 0 Å². The Kier molecular flexibility index (Phi) is 6.47. The second-order valence-electron chi connectivity index (χ2n) is 4.00. The van der Waals surface area contributed by atoms with Crippen LogP contribution in [0.4, 0.5) is 0 Å². The van der Waals surface area contributed by atoms with Crippen molar-refractivity contribution in [2.24, 2.45) is 0 Å². The van der Waals surface area contributed by atoms with Crippen LogP contribution in [0, 0.1) is 0 Å². The molecule has 0 saturated carbocycles. The first-order valence-electron chi connectivity index (χ1n) is 5.13. The first-order valence-corrected chi connectivity index (χ1v) is 5.13. The molecule has 0 fully saturated rings. The van der Waals surface area contributed by atoms with E-state index in [1.165, 1.54) is 0 Å². The van der Waals surface area contributed by atoms with Crippen LogP contribution in [0.5, 0.6) is 0 Å². The molecule has 0 amide bonds. The van der Waals surface area contributed by atoms with Crippen LogP contribution in [-0.4, -0.2) is 61.9 Å². The standard InChI is InChI=1S/C10H22N2O3/c1-5-15-8-10(2,9(13)14)11-6-7-12(3)4/h11H,5-8H2,1-4H3,(H,13,14). The zero-order chi connectivity index (χ0) is 11.9. The van der Waals surface area contributed by atoms with Gasteiger partial charge >= 0.3 is 5.97 Å². The SMILES string of the molecule is CCOCC(C)(NCCN(C)C)C(=O)O. The minimum absolute atomic E-state index is 0.187. The molecule has 1 atom stereocenters. The molecule has 5 heteroatoms. The van der Waals surface area contributed by atoms with Gasteiger partial charge in [-0.1, -0.05) is 0 Å². The van der Waals surface area contributed by atoms with Crippen LogP contribution in [0.25, 0.3) is 0 Å². The van der Waals surface area contributed by atoms with E-state index in [-0.39, 0.29) is 6.61 Å². The Morgan fingerprint density at radius 2 is 2.13 bits per heavy atom. The maximum atomic E-state index is 11.0. The number of hydrogen-bond donors (Lipinski definition) is 2. The molecule has 90 valence electrons. The van der Waals surface area contributed by atoms with E-state index in [1.807, 2.05) is 25.9 Å². The van der Waals surface area contributed by atoms with Crippen molar-refractivity contribution < 1.29 is 14.6 Å². The summed E-state index contributed by atoms with van der Waals surface area (Å²) >= 11 is 0. The molecule has 0 aliphatic heterocycles. The van der Waals surface area contributed by atoms with Crippen LogP contribution in [0.3, 0.4) is 0 Å². The highest BCUT2D eigenvalue weighted by Gasteiger charge is 2.32. The fraction of sp³-hybridized carbons (Fsp3) is 0.900. The lowest BCUT2D eigenvalue weighted by molar-refractivity contribution is -0.146. The number of carbonyl (C=O) groups is 1. The summed E-state index contributed by atoms with van der Waals surface area (Å²) in [6.07, 6.45) is 0. The van der Waals surface area contributed by atoms with E-state index >= 15 is 0 Å². The Labute approximate surface area is 91.4 Å². The van der Waals surface area contributed by atoms with Crippen LogP contribution in [0.2, 0.25) is 0 Å². The van der Waals surface area contributed by atoms with Gasteiger partial charge < -0.3 is 14.7 Å². The summed E-state index contributed by atoms with van der Waals surface area (Å²) in [5, 5.41) is 12.1. The van der Waals surface area contributed by atoms with Gasteiger partial charge in [-0.05, 0) is 27.9 Å². The molecular weight excluding hydrogens is 196 g/mol. The quantitative estimate of drug-likeness (QED) is 0.601. The topological polar surface area (TPSA) is 61.8 Å². The fourth-order valence-electron chi connectivity index (χ4n) is 1.05. The Morgan fingerprint density at radius 1 is 1.53 bits per heavy atom. The molecule has 1 unspecified atom stereocenters. The summed E-state index contributed by atoms with van der Waals surface area (Å²) in [6, 6.07) is 0. The molecule has 0 heterocycles. The molecule has 0 aromatic rings. The third kappa shape index (κ3) is 5.71. The van der Waals surface area contributed by atoms with Gasteiger partial charge in [0, 0.05) is 19.7 Å². The van der Waals surface area contributed by atoms with Gasteiger partial charge in [-0.3, -0.25) is 10.1 Å². The second-order valence-corrected chi connectivity index (χ2v) is 4.00. The van der Waals surface area contributed by atoms with Crippen LogP contribution in [0.1, 0.15) is 13.8 Å². The molecule has 0 aromatic carbocycles. The number of rotatable bonds is 8. The molecule has 0 aliphatic carbocycles. The number of aliphatic carboxylic acids is 1. The van der Waals surface area contributed by atoms with E-state index in [4.69, 9.17) is 9.84 Å². The maximum Gasteiger partial charge on any atom is 0.326 e. The number of carboxylic acids is 1. The van der Waals surface area contributed by atoms with Gasteiger partial charge in [0.05, 0.1) is 6.61 Å². The van der Waals surface area contributed by atoms with Crippen LogP contribution >= 0.6 is 0 Å². The van der Waals surface area contributed by atoms with Crippen molar-refractivity contribution in [2.45, 2.75) is 19.4 Å². The fourth-order valence-corrected chi connectivity index (χ4v) is 1.05. The predicted molar refractivity (Wildman–Crippen MR) is 59.1 cm³/mol. The van der Waals surface area contributed by atoms with E-state index in [0.717, 1.165) is 6.54 Å². The van der Waals surface area contributed by atoms with Crippen LogP contribution in [0.15, 0.2) is 0 Å². The molecule has 0 saturated heterocycles. The third-order valence-electron chi connectivity index (χ3n) is 2.14. The summed E-state index contributed by atoms with van der Waals surface area (Å²) < 4.78 is 5.16. The van der Waals surface area contributed by atoms with E-state index < -0.39 is 11.5 Å². The van der Waals surface area contributed by atoms with Crippen LogP contribution in [-0.2, 0) is 9.53 Å². The number of nitrogens with zero attached hydrogens (tertiary/aromatic N) is 1. The average Bonchev–Trinajstić information content (AvgIpc) is 2.14. The van der Waals surface area contributed by atoms with Gasteiger partial charge in [0.1, 0.15) is 5.54 Å². The number of likely N-dealkylation sites (N-methyl/N-ethyl adjacent to an activating group) is 1. The maximum absolute atomic E-state index is 11.0. The summed E-state index contributed by atoms with van der Waals surface area (Å²) in [5.41, 5.74) is -0.994. The Hall–Kier alpha value is -0.650. The van der Waals surface area contributed by atoms with Gasteiger partial charge in [-0.2, -0.15) is 0 Å². The Balaban J connectivity index is 4.07. The lowest BCUT2D eigenvalue weighted by Crippen LogP contribution is -2.54. The molecule has 0 aliphatic rings. The van der Waals surface area contributed by atoms with Gasteiger partial charge in [-0.15, -0.1) is 0 Å². The van der Waals surface area contributed by atoms with E-state index in [0.29, 0.717) is 13.2 Å². The molecule has 2 N–H and O–H groups in total. The molecule has 15 heavy (non-hydrogen) atoms. The zero-order valence-electron chi connectivity index (χ0n) is 10.0. The molecule has 0 radical (unpaired) electrons. The molecule has 0 spiro atoms. The van der Waals surface area contributed by atoms with E-state index in [9.17, 15) is 4.79 Å². The van der Waals surface area contributed by atoms with Gasteiger partial charge in [0.15, 0.2) is 0 Å². The number of nitrogens with one attached hydrogen (secondary N) is 1. The molecule has 5 nitrogen and oxygen atoms in total. The Bertz CT molecular complexity index is 197. The summed E-state index contributed by atoms with van der Waals surface area (Å²) in [4.78, 5) is 13.0. The van der Waals surface area contributed by atoms with Gasteiger partial charge in [-0.25, -0.2) is 0 Å². The molecular formula is C10H22N2O3. The van der Waals surface area contributed by atoms with E-state index in [2.05, 4.69) is 5.32 Å². The largest absolute Gasteiger partial charge is 0.480 e. The monoisotopic (exact) mass is 218 g/mol. The normalized spacial score (nSPS) is 15.3. The van der Waals surface area contributed by atoms with E-state index in [1.54, 1.807) is 6.92 Å². The summed E-state index contributed by atoms with van der Waals surface area (Å²) in [6.45, 7) is 5.63. The average molecular weight is 218 g/mol. The van der Waals surface area contributed by atoms with Crippen LogP contribution < -0.4 is 5.32 Å². The first kappa shape index (κ1) is 14.3. The van der Waals surface area contributed by atoms with Crippen molar-refractivity contribution >= 4 is 5.97 Å². The highest BCUT2D eigenvalue weighted by molar-refractivity contribution is 5.78. The predicted octanol–water partition coefficient (Wildman–Crippen LogP) is 0.0174. The number of hydrogen-bond acceptors (Lipinski definition) is 4. The minimum Gasteiger partial charge on any atom is -0.480 e. The molecule has 0 aromatic heterocycles. The summed E-state index contributed by atoms with van der Waals surface area (Å²) in [7, 11) is 3.89. The smallest absolute Gasteiger partial charge is 0.326 e. The van der Waals surface area contributed by atoms with Crippen molar-refractivity contribution in [3.8, 4) is 0 Å².